The van der Waals surface area contributed by atoms with E-state index < -0.39 is 0 Å². The lowest BCUT2D eigenvalue weighted by Crippen LogP contribution is -2.22. The Morgan fingerprint density at radius 1 is 1.32 bits per heavy atom. The summed E-state index contributed by atoms with van der Waals surface area (Å²) in [6, 6.07) is 5.01. The van der Waals surface area contributed by atoms with Gasteiger partial charge in [0.05, 0.1) is 5.69 Å². The molecule has 5 nitrogen and oxygen atoms in total. The highest BCUT2D eigenvalue weighted by molar-refractivity contribution is 6.34. The number of carbonyl (C=O) groups excluding carboxylic acids is 1. The van der Waals surface area contributed by atoms with Crippen molar-refractivity contribution >= 4 is 29.1 Å². The summed E-state index contributed by atoms with van der Waals surface area (Å²) in [5.41, 5.74) is 1.85. The number of nitrogens with one attached hydrogen (secondary N) is 2. The van der Waals surface area contributed by atoms with Crippen molar-refractivity contribution in [3.63, 3.8) is 0 Å². The number of hydrogen-bond acceptors (Lipinski definition) is 3. The van der Waals surface area contributed by atoms with E-state index in [1.807, 2.05) is 6.92 Å². The van der Waals surface area contributed by atoms with Gasteiger partial charge in [0.2, 0.25) is 11.8 Å². The Kier molecular flexibility index (Phi) is 5.69. The molecule has 1 aromatic carbocycles. The molecule has 0 unspecified atom stereocenters. The Morgan fingerprint density at radius 3 is 2.59 bits per heavy atom. The van der Waals surface area contributed by atoms with Crippen molar-refractivity contribution in [3.05, 3.63) is 39.5 Å². The Morgan fingerprint density at radius 2 is 2.00 bits per heavy atom. The Labute approximate surface area is 139 Å². The number of aromatic amines is 1. The molecule has 0 aliphatic carbocycles. The number of ether oxygens (including phenoxy) is 1. The van der Waals surface area contributed by atoms with Gasteiger partial charge in [-0.3, -0.25) is 4.79 Å². The minimum atomic E-state index is -0.0568. The molecule has 0 aliphatic heterocycles. The number of rotatable bonds is 6. The number of aromatic nitrogens is 2. The van der Waals surface area contributed by atoms with Crippen LogP contribution in [0.2, 0.25) is 10.0 Å². The Balaban J connectivity index is 2.14. The minimum absolute atomic E-state index is 0.0568. The zero-order valence-corrected chi connectivity index (χ0v) is 13.9. The van der Waals surface area contributed by atoms with Crippen LogP contribution in [0.5, 0.6) is 11.6 Å². The summed E-state index contributed by atoms with van der Waals surface area (Å²) < 4.78 is 5.80. The molecule has 0 aliphatic rings. The third kappa shape index (κ3) is 4.39. The van der Waals surface area contributed by atoms with E-state index in [1.54, 1.807) is 18.2 Å². The largest absolute Gasteiger partial charge is 0.439 e. The summed E-state index contributed by atoms with van der Waals surface area (Å²) >= 11 is 11.9. The SMILES string of the molecule is CCc1c(CCNC(C)=O)n[nH]c1Oc1cc(Cl)cc(Cl)c1. The van der Waals surface area contributed by atoms with Crippen LogP contribution in [0.15, 0.2) is 18.2 Å². The molecule has 1 aromatic heterocycles. The molecule has 0 saturated heterocycles. The minimum Gasteiger partial charge on any atom is -0.439 e. The second-order valence-corrected chi connectivity index (χ2v) is 5.64. The molecular formula is C15H17Cl2N3O2. The average molecular weight is 342 g/mol. The molecule has 22 heavy (non-hydrogen) atoms. The zero-order valence-electron chi connectivity index (χ0n) is 12.4. The fourth-order valence-corrected chi connectivity index (χ4v) is 2.61. The second-order valence-electron chi connectivity index (χ2n) is 4.77. The van der Waals surface area contributed by atoms with Crippen molar-refractivity contribution in [2.75, 3.05) is 6.54 Å². The van der Waals surface area contributed by atoms with E-state index in [4.69, 9.17) is 27.9 Å². The van der Waals surface area contributed by atoms with Crippen molar-refractivity contribution in [3.8, 4) is 11.6 Å². The van der Waals surface area contributed by atoms with E-state index in [0.717, 1.165) is 17.7 Å². The van der Waals surface area contributed by atoms with Crippen molar-refractivity contribution in [2.24, 2.45) is 0 Å². The predicted octanol–water partition coefficient (Wildman–Crippen LogP) is 3.75. The molecule has 0 radical (unpaired) electrons. The monoisotopic (exact) mass is 341 g/mol. The van der Waals surface area contributed by atoms with Gasteiger partial charge in [-0.1, -0.05) is 30.1 Å². The fourth-order valence-electron chi connectivity index (χ4n) is 2.10. The Bertz CT molecular complexity index is 651. The molecule has 118 valence electrons. The summed E-state index contributed by atoms with van der Waals surface area (Å²) in [7, 11) is 0. The van der Waals surface area contributed by atoms with Gasteiger partial charge in [-0.25, -0.2) is 5.10 Å². The standard InChI is InChI=1S/C15H17Cl2N3O2/c1-3-13-14(4-5-18-9(2)21)19-20-15(13)22-12-7-10(16)6-11(17)8-12/h6-8H,3-5H2,1-2H3,(H,18,21)(H,19,20). The summed E-state index contributed by atoms with van der Waals surface area (Å²) in [5, 5.41) is 10.9. The Hall–Kier alpha value is -1.72. The highest BCUT2D eigenvalue weighted by atomic mass is 35.5. The third-order valence-electron chi connectivity index (χ3n) is 3.06. The molecule has 0 fully saturated rings. The normalized spacial score (nSPS) is 10.5. The molecule has 0 saturated carbocycles. The maximum absolute atomic E-state index is 10.9. The highest BCUT2D eigenvalue weighted by Crippen LogP contribution is 2.30. The summed E-state index contributed by atoms with van der Waals surface area (Å²) in [4.78, 5) is 10.9. The predicted molar refractivity (Wildman–Crippen MR) is 86.9 cm³/mol. The van der Waals surface area contributed by atoms with E-state index >= 15 is 0 Å². The van der Waals surface area contributed by atoms with Crippen LogP contribution in [0.3, 0.4) is 0 Å². The number of carbonyl (C=O) groups is 1. The topological polar surface area (TPSA) is 67.0 Å². The van der Waals surface area contributed by atoms with E-state index in [1.165, 1.54) is 6.92 Å². The fraction of sp³-hybridized carbons (Fsp3) is 0.333. The summed E-state index contributed by atoms with van der Waals surface area (Å²) in [5.74, 6) is 1.06. The van der Waals surface area contributed by atoms with E-state index in [0.29, 0.717) is 34.6 Å². The molecule has 1 amide bonds. The van der Waals surface area contributed by atoms with Gasteiger partial charge >= 0.3 is 0 Å². The molecule has 2 N–H and O–H groups in total. The van der Waals surface area contributed by atoms with Crippen LogP contribution in [0, 0.1) is 0 Å². The molecule has 7 heteroatoms. The van der Waals surface area contributed by atoms with Crippen LogP contribution < -0.4 is 10.1 Å². The highest BCUT2D eigenvalue weighted by Gasteiger charge is 2.14. The molecule has 0 bridgehead atoms. The van der Waals surface area contributed by atoms with Crippen molar-refractivity contribution in [1.29, 1.82) is 0 Å². The van der Waals surface area contributed by atoms with Gasteiger partial charge in [-0.2, -0.15) is 5.10 Å². The number of hydrogen-bond donors (Lipinski definition) is 2. The first-order valence-corrected chi connectivity index (χ1v) is 7.69. The molecule has 2 aromatic rings. The van der Waals surface area contributed by atoms with Crippen molar-refractivity contribution in [1.82, 2.24) is 15.5 Å². The maximum Gasteiger partial charge on any atom is 0.218 e. The number of H-pyrrole nitrogens is 1. The number of benzene rings is 1. The van der Waals surface area contributed by atoms with E-state index in [2.05, 4.69) is 15.5 Å². The van der Waals surface area contributed by atoms with Crippen LogP contribution >= 0.6 is 23.2 Å². The lowest BCUT2D eigenvalue weighted by atomic mass is 10.1. The van der Waals surface area contributed by atoms with Crippen molar-refractivity contribution in [2.45, 2.75) is 26.7 Å². The average Bonchev–Trinajstić information content (AvgIpc) is 2.79. The maximum atomic E-state index is 10.9. The summed E-state index contributed by atoms with van der Waals surface area (Å²) in [6.45, 7) is 4.04. The van der Waals surface area contributed by atoms with Crippen LogP contribution in [-0.4, -0.2) is 22.6 Å². The van der Waals surface area contributed by atoms with E-state index in [-0.39, 0.29) is 5.91 Å². The molecule has 0 atom stereocenters. The van der Waals surface area contributed by atoms with Gasteiger partial charge in [-0.05, 0) is 24.6 Å². The second kappa shape index (κ2) is 7.51. The van der Waals surface area contributed by atoms with Gasteiger partial charge < -0.3 is 10.1 Å². The van der Waals surface area contributed by atoms with Gasteiger partial charge in [0.25, 0.3) is 0 Å². The lowest BCUT2D eigenvalue weighted by molar-refractivity contribution is -0.118. The molecule has 2 rings (SSSR count). The quantitative estimate of drug-likeness (QED) is 0.840. The van der Waals surface area contributed by atoms with Gasteiger partial charge in [0.1, 0.15) is 5.75 Å². The van der Waals surface area contributed by atoms with Gasteiger partial charge in [0.15, 0.2) is 0 Å². The van der Waals surface area contributed by atoms with E-state index in [9.17, 15) is 4.79 Å². The first-order valence-electron chi connectivity index (χ1n) is 6.94. The molecule has 0 spiro atoms. The lowest BCUT2D eigenvalue weighted by Gasteiger charge is -2.07. The first kappa shape index (κ1) is 16.6. The van der Waals surface area contributed by atoms with Crippen LogP contribution in [0.4, 0.5) is 0 Å². The third-order valence-corrected chi connectivity index (χ3v) is 3.50. The van der Waals surface area contributed by atoms with Gasteiger partial charge in [0, 0.05) is 35.5 Å². The van der Waals surface area contributed by atoms with Gasteiger partial charge in [-0.15, -0.1) is 0 Å². The smallest absolute Gasteiger partial charge is 0.218 e. The zero-order chi connectivity index (χ0) is 16.1. The number of amides is 1. The van der Waals surface area contributed by atoms with Crippen LogP contribution in [-0.2, 0) is 17.6 Å². The van der Waals surface area contributed by atoms with Crippen LogP contribution in [0.1, 0.15) is 25.1 Å². The van der Waals surface area contributed by atoms with Crippen molar-refractivity contribution < 1.29 is 9.53 Å². The number of halogens is 2. The molecular weight excluding hydrogens is 325 g/mol. The van der Waals surface area contributed by atoms with Crippen LogP contribution in [0.25, 0.3) is 0 Å². The molecule has 1 heterocycles. The summed E-state index contributed by atoms with van der Waals surface area (Å²) in [6.07, 6.45) is 1.40. The first-order chi connectivity index (χ1) is 10.5. The number of nitrogens with zero attached hydrogens (tertiary/aromatic N) is 1.